The number of aromatic nitrogens is 1. The summed E-state index contributed by atoms with van der Waals surface area (Å²) in [4.78, 5) is 16.3. The topological polar surface area (TPSA) is 67.2 Å². The van der Waals surface area contributed by atoms with Crippen LogP contribution >= 0.6 is 23.2 Å². The van der Waals surface area contributed by atoms with Crippen molar-refractivity contribution in [2.45, 2.75) is 13.0 Å². The molecule has 0 saturated heterocycles. The minimum atomic E-state index is -0.210. The van der Waals surface area contributed by atoms with Gasteiger partial charge in [0.1, 0.15) is 5.76 Å². The number of anilines is 1. The molecular formula is C19H17Cl2N3O2. The largest absolute Gasteiger partial charge is 0.467 e. The van der Waals surface area contributed by atoms with Gasteiger partial charge in [-0.25, -0.2) is 0 Å². The van der Waals surface area contributed by atoms with Crippen LogP contribution in [0.15, 0.2) is 59.5 Å². The Morgan fingerprint density at radius 1 is 1.15 bits per heavy atom. The van der Waals surface area contributed by atoms with E-state index in [0.29, 0.717) is 34.5 Å². The Balaban J connectivity index is 1.54. The molecule has 7 heteroatoms. The first-order chi connectivity index (χ1) is 12.6. The quantitative estimate of drug-likeness (QED) is 0.621. The van der Waals surface area contributed by atoms with E-state index in [4.69, 9.17) is 27.6 Å². The Hall–Kier alpha value is -2.50. The Bertz CT molecular complexity index is 882. The summed E-state index contributed by atoms with van der Waals surface area (Å²) < 4.78 is 5.19. The van der Waals surface area contributed by atoms with Gasteiger partial charge in [-0.1, -0.05) is 29.3 Å². The maximum Gasteiger partial charge on any atom is 0.253 e. The normalized spacial score (nSPS) is 10.5. The molecule has 3 rings (SSSR count). The van der Waals surface area contributed by atoms with Crippen LogP contribution in [-0.4, -0.2) is 17.4 Å². The van der Waals surface area contributed by atoms with Gasteiger partial charge in [0.05, 0.1) is 24.1 Å². The lowest BCUT2D eigenvalue weighted by molar-refractivity contribution is 0.0947. The molecule has 0 bridgehead atoms. The van der Waals surface area contributed by atoms with Crippen LogP contribution in [-0.2, 0) is 13.0 Å². The fraction of sp³-hybridized carbons (Fsp3) is 0.158. The molecule has 2 heterocycles. The average Bonchev–Trinajstić information content (AvgIpc) is 3.15. The van der Waals surface area contributed by atoms with Gasteiger partial charge in [0.2, 0.25) is 0 Å². The molecule has 0 aliphatic carbocycles. The molecule has 1 aromatic carbocycles. The lowest BCUT2D eigenvalue weighted by Gasteiger charge is -2.09. The molecule has 0 unspecified atom stereocenters. The van der Waals surface area contributed by atoms with Gasteiger partial charge in [0.25, 0.3) is 5.91 Å². The van der Waals surface area contributed by atoms with Crippen molar-refractivity contribution < 1.29 is 9.21 Å². The minimum Gasteiger partial charge on any atom is -0.467 e. The molecular weight excluding hydrogens is 373 g/mol. The van der Waals surface area contributed by atoms with Crippen LogP contribution in [0.3, 0.4) is 0 Å². The molecule has 3 aromatic rings. The molecule has 2 N–H and O–H groups in total. The Morgan fingerprint density at radius 2 is 2.04 bits per heavy atom. The van der Waals surface area contributed by atoms with E-state index >= 15 is 0 Å². The van der Waals surface area contributed by atoms with E-state index in [0.717, 1.165) is 17.7 Å². The van der Waals surface area contributed by atoms with E-state index in [1.165, 1.54) is 6.20 Å². The molecule has 0 aliphatic heterocycles. The summed E-state index contributed by atoms with van der Waals surface area (Å²) in [6.07, 6.45) is 5.50. The zero-order chi connectivity index (χ0) is 18.4. The molecule has 0 spiro atoms. The average molecular weight is 390 g/mol. The minimum absolute atomic E-state index is 0.210. The first kappa shape index (κ1) is 18.3. The number of benzene rings is 1. The Kier molecular flexibility index (Phi) is 6.15. The number of amides is 1. The van der Waals surface area contributed by atoms with Gasteiger partial charge in [-0.15, -0.1) is 0 Å². The first-order valence-corrected chi connectivity index (χ1v) is 8.81. The number of hydrogen-bond acceptors (Lipinski definition) is 4. The van der Waals surface area contributed by atoms with Gasteiger partial charge < -0.3 is 15.1 Å². The second-order valence-electron chi connectivity index (χ2n) is 5.64. The highest BCUT2D eigenvalue weighted by atomic mass is 35.5. The highest BCUT2D eigenvalue weighted by Gasteiger charge is 2.08. The van der Waals surface area contributed by atoms with Gasteiger partial charge in [0.15, 0.2) is 0 Å². The highest BCUT2D eigenvalue weighted by Crippen LogP contribution is 2.21. The monoisotopic (exact) mass is 389 g/mol. The van der Waals surface area contributed by atoms with Crippen molar-refractivity contribution in [1.29, 1.82) is 0 Å². The molecule has 5 nitrogen and oxygen atoms in total. The third-order valence-electron chi connectivity index (χ3n) is 3.74. The number of pyridine rings is 1. The van der Waals surface area contributed by atoms with Gasteiger partial charge >= 0.3 is 0 Å². The number of nitrogens with zero attached hydrogens (tertiary/aromatic N) is 1. The van der Waals surface area contributed by atoms with Gasteiger partial charge in [-0.2, -0.15) is 0 Å². The summed E-state index contributed by atoms with van der Waals surface area (Å²) in [7, 11) is 0. The highest BCUT2D eigenvalue weighted by molar-refractivity contribution is 6.35. The van der Waals surface area contributed by atoms with Crippen LogP contribution in [0, 0.1) is 0 Å². The van der Waals surface area contributed by atoms with E-state index < -0.39 is 0 Å². The zero-order valence-electron chi connectivity index (χ0n) is 13.8. The number of carbonyl (C=O) groups excluding carboxylic acids is 1. The van der Waals surface area contributed by atoms with Crippen molar-refractivity contribution >= 4 is 34.8 Å². The van der Waals surface area contributed by atoms with Crippen molar-refractivity contribution in [3.63, 3.8) is 0 Å². The number of nitrogens with one attached hydrogen (secondary N) is 2. The maximum absolute atomic E-state index is 12.2. The summed E-state index contributed by atoms with van der Waals surface area (Å²) in [6.45, 7) is 0.985. The first-order valence-electron chi connectivity index (χ1n) is 8.05. The predicted octanol–water partition coefficient (Wildman–Crippen LogP) is 4.57. The van der Waals surface area contributed by atoms with Crippen molar-refractivity contribution in [3.05, 3.63) is 82.0 Å². The van der Waals surface area contributed by atoms with Crippen LogP contribution in [0.2, 0.25) is 10.0 Å². The van der Waals surface area contributed by atoms with E-state index in [2.05, 4.69) is 15.6 Å². The summed E-state index contributed by atoms with van der Waals surface area (Å²) >= 11 is 12.1. The SMILES string of the molecule is O=C(NCc1ccco1)c1cncc(NCCc2ccc(Cl)cc2Cl)c1. The Morgan fingerprint density at radius 3 is 2.81 bits per heavy atom. The fourth-order valence-electron chi connectivity index (χ4n) is 2.41. The summed E-state index contributed by atoms with van der Waals surface area (Å²) in [5, 5.41) is 7.30. The molecule has 0 atom stereocenters. The van der Waals surface area contributed by atoms with Crippen molar-refractivity contribution in [1.82, 2.24) is 10.3 Å². The molecule has 0 radical (unpaired) electrons. The smallest absolute Gasteiger partial charge is 0.253 e. The predicted molar refractivity (Wildman–Crippen MR) is 103 cm³/mol. The second-order valence-corrected chi connectivity index (χ2v) is 6.48. The Labute approximate surface area is 161 Å². The number of hydrogen-bond donors (Lipinski definition) is 2. The third kappa shape index (κ3) is 5.00. The standard InChI is InChI=1S/C19H17Cl2N3O2/c20-15-4-3-13(18(21)9-15)5-6-23-16-8-14(10-22-11-16)19(25)24-12-17-2-1-7-26-17/h1-4,7-11,23H,5-6,12H2,(H,24,25). The molecule has 134 valence electrons. The van der Waals surface area contributed by atoms with E-state index in [-0.39, 0.29) is 5.91 Å². The number of carbonyl (C=O) groups is 1. The molecule has 0 aliphatic rings. The second kappa shape index (κ2) is 8.74. The van der Waals surface area contributed by atoms with Crippen LogP contribution in [0.1, 0.15) is 21.7 Å². The lowest BCUT2D eigenvalue weighted by Crippen LogP contribution is -2.22. The number of halogens is 2. The molecule has 0 saturated carbocycles. The van der Waals surface area contributed by atoms with Gasteiger partial charge in [-0.05, 0) is 42.3 Å². The van der Waals surface area contributed by atoms with E-state index in [9.17, 15) is 4.79 Å². The fourth-order valence-corrected chi connectivity index (χ4v) is 2.91. The van der Waals surface area contributed by atoms with Gasteiger partial charge in [0, 0.05) is 29.0 Å². The maximum atomic E-state index is 12.2. The van der Waals surface area contributed by atoms with Crippen LogP contribution < -0.4 is 10.6 Å². The van der Waals surface area contributed by atoms with Crippen molar-refractivity contribution in [2.75, 3.05) is 11.9 Å². The van der Waals surface area contributed by atoms with Crippen LogP contribution in [0.4, 0.5) is 5.69 Å². The summed E-state index contributed by atoms with van der Waals surface area (Å²) in [5.74, 6) is 0.485. The van der Waals surface area contributed by atoms with Crippen LogP contribution in [0.5, 0.6) is 0 Å². The number of furan rings is 1. The van der Waals surface area contributed by atoms with Gasteiger partial charge in [-0.3, -0.25) is 9.78 Å². The molecule has 2 aromatic heterocycles. The number of rotatable bonds is 7. The summed E-state index contributed by atoms with van der Waals surface area (Å²) in [6, 6.07) is 10.8. The van der Waals surface area contributed by atoms with E-state index in [1.807, 2.05) is 12.1 Å². The summed E-state index contributed by atoms with van der Waals surface area (Å²) in [5.41, 5.74) is 2.25. The lowest BCUT2D eigenvalue weighted by atomic mass is 10.1. The molecule has 26 heavy (non-hydrogen) atoms. The third-order valence-corrected chi connectivity index (χ3v) is 4.33. The molecule has 1 amide bonds. The van der Waals surface area contributed by atoms with Crippen molar-refractivity contribution in [2.24, 2.45) is 0 Å². The van der Waals surface area contributed by atoms with E-state index in [1.54, 1.807) is 36.7 Å². The van der Waals surface area contributed by atoms with Crippen LogP contribution in [0.25, 0.3) is 0 Å². The zero-order valence-corrected chi connectivity index (χ0v) is 15.3. The molecule has 0 fully saturated rings. The van der Waals surface area contributed by atoms with Crippen molar-refractivity contribution in [3.8, 4) is 0 Å².